The summed E-state index contributed by atoms with van der Waals surface area (Å²) >= 11 is 0. The number of amides is 1. The van der Waals surface area contributed by atoms with Gasteiger partial charge >= 0.3 is 7.82 Å². The molecular formula is C58H110N2O6P+. The lowest BCUT2D eigenvalue weighted by Gasteiger charge is -2.25. The molecule has 8 nitrogen and oxygen atoms in total. The Bertz CT molecular complexity index is 1270. The minimum absolute atomic E-state index is 0.0579. The van der Waals surface area contributed by atoms with Crippen LogP contribution in [0.25, 0.3) is 0 Å². The van der Waals surface area contributed by atoms with E-state index < -0.39 is 20.0 Å². The fourth-order valence-electron chi connectivity index (χ4n) is 8.09. The summed E-state index contributed by atoms with van der Waals surface area (Å²) < 4.78 is 23.7. The highest BCUT2D eigenvalue weighted by molar-refractivity contribution is 7.47. The molecule has 9 heteroatoms. The highest BCUT2D eigenvalue weighted by Gasteiger charge is 2.27. The summed E-state index contributed by atoms with van der Waals surface area (Å²) in [6, 6.07) is -0.854. The zero-order chi connectivity index (χ0) is 49.2. The van der Waals surface area contributed by atoms with Crippen molar-refractivity contribution in [1.29, 1.82) is 0 Å². The van der Waals surface area contributed by atoms with E-state index in [0.717, 1.165) is 70.6 Å². The van der Waals surface area contributed by atoms with Crippen LogP contribution in [0.5, 0.6) is 0 Å². The normalized spacial score (nSPS) is 14.4. The maximum atomic E-state index is 13.0. The first-order chi connectivity index (χ1) is 32.5. The number of rotatable bonds is 51. The molecule has 0 bridgehead atoms. The molecule has 0 radical (unpaired) electrons. The average molecular weight is 962 g/mol. The topological polar surface area (TPSA) is 105 Å². The molecule has 1 amide bonds. The summed E-state index contributed by atoms with van der Waals surface area (Å²) in [5.41, 5.74) is 0. The first-order valence-corrected chi connectivity index (χ1v) is 29.7. The van der Waals surface area contributed by atoms with Crippen LogP contribution in [0.1, 0.15) is 251 Å². The van der Waals surface area contributed by atoms with Crippen LogP contribution in [0.4, 0.5) is 0 Å². The van der Waals surface area contributed by atoms with Gasteiger partial charge in [0.2, 0.25) is 5.91 Å². The van der Waals surface area contributed by atoms with Crippen LogP contribution < -0.4 is 5.32 Å². The second-order valence-electron chi connectivity index (χ2n) is 20.3. The number of hydrogen-bond donors (Lipinski definition) is 3. The summed E-state index contributed by atoms with van der Waals surface area (Å²) in [6.07, 6.45) is 66.0. The minimum atomic E-state index is -4.35. The van der Waals surface area contributed by atoms with Crippen molar-refractivity contribution in [3.8, 4) is 0 Å². The van der Waals surface area contributed by atoms with Crippen molar-refractivity contribution >= 4 is 13.7 Å². The predicted molar refractivity (Wildman–Crippen MR) is 290 cm³/mol. The number of unbranched alkanes of at least 4 members (excludes halogenated alkanes) is 30. The van der Waals surface area contributed by atoms with Gasteiger partial charge in [0.25, 0.3) is 0 Å². The van der Waals surface area contributed by atoms with Crippen LogP contribution in [0.15, 0.2) is 60.8 Å². The third kappa shape index (κ3) is 51.9. The second-order valence-corrected chi connectivity index (χ2v) is 21.7. The van der Waals surface area contributed by atoms with Crippen LogP contribution in [0, 0.1) is 0 Å². The molecule has 67 heavy (non-hydrogen) atoms. The summed E-state index contributed by atoms with van der Waals surface area (Å²) in [5.74, 6) is -0.185. The van der Waals surface area contributed by atoms with Gasteiger partial charge in [-0.25, -0.2) is 4.57 Å². The van der Waals surface area contributed by atoms with Crippen LogP contribution in [0.3, 0.4) is 0 Å². The number of nitrogens with one attached hydrogen (secondary N) is 1. The Morgan fingerprint density at radius 3 is 1.31 bits per heavy atom. The number of quaternary nitrogens is 1. The number of phosphoric ester groups is 1. The average Bonchev–Trinajstić information content (AvgIpc) is 3.29. The van der Waals surface area contributed by atoms with E-state index in [-0.39, 0.29) is 19.1 Å². The summed E-state index contributed by atoms with van der Waals surface area (Å²) in [4.78, 5) is 23.3. The molecule has 0 heterocycles. The Morgan fingerprint density at radius 1 is 0.522 bits per heavy atom. The molecule has 0 aliphatic rings. The molecule has 3 N–H and O–H groups in total. The zero-order valence-corrected chi connectivity index (χ0v) is 45.5. The van der Waals surface area contributed by atoms with Crippen molar-refractivity contribution in [3.63, 3.8) is 0 Å². The van der Waals surface area contributed by atoms with Crippen molar-refractivity contribution in [2.24, 2.45) is 0 Å². The first kappa shape index (κ1) is 65.2. The van der Waals surface area contributed by atoms with E-state index >= 15 is 0 Å². The first-order valence-electron chi connectivity index (χ1n) is 28.2. The Morgan fingerprint density at radius 2 is 0.896 bits per heavy atom. The van der Waals surface area contributed by atoms with Gasteiger partial charge in [0, 0.05) is 6.42 Å². The molecule has 0 saturated heterocycles. The van der Waals surface area contributed by atoms with Gasteiger partial charge in [0.05, 0.1) is 39.9 Å². The Balaban J connectivity index is 4.25. The number of hydrogen-bond acceptors (Lipinski definition) is 5. The highest BCUT2D eigenvalue weighted by Crippen LogP contribution is 2.43. The molecule has 3 unspecified atom stereocenters. The van der Waals surface area contributed by atoms with Gasteiger partial charge in [-0.05, 0) is 57.8 Å². The lowest BCUT2D eigenvalue weighted by atomic mass is 10.0. The number of allylic oxidation sites excluding steroid dienone is 9. The van der Waals surface area contributed by atoms with Crippen LogP contribution in [-0.2, 0) is 18.4 Å². The van der Waals surface area contributed by atoms with E-state index in [1.54, 1.807) is 6.08 Å². The molecule has 0 aliphatic carbocycles. The van der Waals surface area contributed by atoms with Crippen molar-refractivity contribution < 1.29 is 32.9 Å². The summed E-state index contributed by atoms with van der Waals surface area (Å²) in [7, 11) is 1.56. The van der Waals surface area contributed by atoms with Gasteiger partial charge in [0.1, 0.15) is 13.2 Å². The summed E-state index contributed by atoms with van der Waals surface area (Å²) in [6.45, 7) is 4.72. The molecule has 3 atom stereocenters. The molecule has 0 aromatic carbocycles. The lowest BCUT2D eigenvalue weighted by Crippen LogP contribution is -2.45. The van der Waals surface area contributed by atoms with Crippen molar-refractivity contribution in [1.82, 2.24) is 5.32 Å². The molecule has 0 aromatic heterocycles. The molecule has 0 aromatic rings. The fraction of sp³-hybridized carbons (Fsp3) is 0.810. The number of aliphatic hydroxyl groups is 1. The molecular weight excluding hydrogens is 852 g/mol. The van der Waals surface area contributed by atoms with E-state index in [2.05, 4.69) is 67.8 Å². The van der Waals surface area contributed by atoms with Crippen LogP contribution >= 0.6 is 7.82 Å². The zero-order valence-electron chi connectivity index (χ0n) is 44.6. The maximum Gasteiger partial charge on any atom is 0.472 e. The standard InChI is InChI=1S/C58H109N2O6P/c1-6-8-10-12-14-16-18-20-22-24-26-28-29-30-32-33-35-37-39-41-43-45-47-49-51-57(61)56(55-66-67(63,64)65-54-53-60(3,4)5)59-58(62)52-50-48-46-44-42-40-38-36-34-31-27-25-23-21-19-17-15-13-11-9-7-2/h9,11,15,17,21,23,27,31,49,51,56-57,61H,6-8,10,12-14,16,18-20,22,24-26,28-30,32-48,50,52-55H2,1-5H3,(H-,59,62,63,64)/p+1/b11-9-,17-15-,23-21-,31-27-,51-49+. The van der Waals surface area contributed by atoms with E-state index in [0.29, 0.717) is 17.4 Å². The van der Waals surface area contributed by atoms with Gasteiger partial charge in [-0.15, -0.1) is 0 Å². The Labute approximate surface area is 415 Å². The lowest BCUT2D eigenvalue weighted by molar-refractivity contribution is -0.870. The maximum absolute atomic E-state index is 13.0. The third-order valence-electron chi connectivity index (χ3n) is 12.5. The summed E-state index contributed by atoms with van der Waals surface area (Å²) in [5, 5.41) is 13.9. The molecule has 0 fully saturated rings. The van der Waals surface area contributed by atoms with Gasteiger partial charge in [-0.1, -0.05) is 248 Å². The predicted octanol–water partition coefficient (Wildman–Crippen LogP) is 16.9. The number of likely N-dealkylation sites (N-methyl/N-ethyl adjacent to an activating group) is 1. The van der Waals surface area contributed by atoms with Crippen molar-refractivity contribution in [2.75, 3.05) is 40.9 Å². The Kier molecular flexibility index (Phi) is 47.9. The Hall–Kier alpha value is -1.80. The molecule has 0 aliphatic heterocycles. The second kappa shape index (κ2) is 49.2. The highest BCUT2D eigenvalue weighted by atomic mass is 31.2. The van der Waals surface area contributed by atoms with E-state index in [1.165, 1.54) is 161 Å². The van der Waals surface area contributed by atoms with E-state index in [9.17, 15) is 19.4 Å². The minimum Gasteiger partial charge on any atom is -0.387 e. The SMILES string of the molecule is CC/C=C\C/C=C\C/C=C\C/C=C\CCCCCCCCCCC(=O)NC(COP(=O)(O)OCC[N+](C)(C)C)C(O)/C=C/CCCCCCCCCCCCCCCCCCCCCCCC. The third-order valence-corrected chi connectivity index (χ3v) is 13.5. The largest absolute Gasteiger partial charge is 0.472 e. The smallest absolute Gasteiger partial charge is 0.387 e. The van der Waals surface area contributed by atoms with Crippen molar-refractivity contribution in [3.05, 3.63) is 60.8 Å². The van der Waals surface area contributed by atoms with Crippen molar-refractivity contribution in [2.45, 2.75) is 264 Å². The van der Waals surface area contributed by atoms with Gasteiger partial charge in [-0.2, -0.15) is 0 Å². The number of carbonyl (C=O) groups is 1. The molecule has 0 rings (SSSR count). The number of aliphatic hydroxyl groups excluding tert-OH is 1. The fourth-order valence-corrected chi connectivity index (χ4v) is 8.83. The van der Waals surface area contributed by atoms with Gasteiger partial charge in [-0.3, -0.25) is 13.8 Å². The monoisotopic (exact) mass is 962 g/mol. The van der Waals surface area contributed by atoms with Gasteiger partial charge in [0.15, 0.2) is 0 Å². The molecule has 0 saturated carbocycles. The van der Waals surface area contributed by atoms with E-state index in [4.69, 9.17) is 9.05 Å². The number of carbonyl (C=O) groups excluding carboxylic acids is 1. The number of phosphoric acid groups is 1. The number of nitrogens with zero attached hydrogens (tertiary/aromatic N) is 1. The van der Waals surface area contributed by atoms with Gasteiger partial charge < -0.3 is 19.8 Å². The molecule has 0 spiro atoms. The van der Waals surface area contributed by atoms with E-state index in [1.807, 2.05) is 27.2 Å². The van der Waals surface area contributed by atoms with Crippen LogP contribution in [0.2, 0.25) is 0 Å². The quantitative estimate of drug-likeness (QED) is 0.0243. The van der Waals surface area contributed by atoms with Crippen LogP contribution in [-0.4, -0.2) is 73.4 Å². The molecule has 392 valence electrons.